The zero-order valence-corrected chi connectivity index (χ0v) is 13.9. The number of hydrogen-bond donors (Lipinski definition) is 2. The highest BCUT2D eigenvalue weighted by molar-refractivity contribution is 5.43. The van der Waals surface area contributed by atoms with Crippen molar-refractivity contribution in [1.29, 1.82) is 0 Å². The normalized spacial score (nSPS) is 46.9. The van der Waals surface area contributed by atoms with Crippen LogP contribution in [0, 0.1) is 16.7 Å². The minimum absolute atomic E-state index is 0.0217. The fourth-order valence-corrected chi connectivity index (χ4v) is 6.91. The molecule has 2 heteroatoms. The van der Waals surface area contributed by atoms with Crippen LogP contribution in [0.15, 0.2) is 30.4 Å². The zero-order chi connectivity index (χ0) is 15.9. The molecule has 0 unspecified atom stereocenters. The van der Waals surface area contributed by atoms with Crippen LogP contribution in [0.5, 0.6) is 5.75 Å². The van der Waals surface area contributed by atoms with Gasteiger partial charge >= 0.3 is 0 Å². The first-order valence-electron chi connectivity index (χ1n) is 9.24. The van der Waals surface area contributed by atoms with Crippen molar-refractivity contribution >= 4 is 0 Å². The van der Waals surface area contributed by atoms with E-state index in [1.807, 2.05) is 12.1 Å². The maximum atomic E-state index is 11.3. The van der Waals surface area contributed by atoms with E-state index >= 15 is 0 Å². The quantitative estimate of drug-likeness (QED) is 0.701. The van der Waals surface area contributed by atoms with Gasteiger partial charge in [0.25, 0.3) is 0 Å². The summed E-state index contributed by atoms with van der Waals surface area (Å²) in [4.78, 5) is 0. The molecule has 122 valence electrons. The average Bonchev–Trinajstić information content (AvgIpc) is 2.66. The van der Waals surface area contributed by atoms with Gasteiger partial charge in [-0.05, 0) is 80.0 Å². The number of aliphatic hydroxyl groups is 1. The number of fused-ring (bicyclic) bond motifs is 3. The molecule has 0 radical (unpaired) electrons. The first-order chi connectivity index (χ1) is 11.0. The molecule has 5 rings (SSSR count). The Morgan fingerprint density at radius 3 is 2.83 bits per heavy atom. The molecule has 1 aromatic rings. The summed E-state index contributed by atoms with van der Waals surface area (Å²) in [5.41, 5.74) is 2.43. The largest absolute Gasteiger partial charge is 0.508 e. The number of phenolic OH excluding ortho intramolecular Hbond substituents is 1. The van der Waals surface area contributed by atoms with Crippen LogP contribution in [-0.4, -0.2) is 15.8 Å². The predicted octanol–water partition coefficient (Wildman–Crippen LogP) is 4.31. The van der Waals surface area contributed by atoms with Gasteiger partial charge in [-0.3, -0.25) is 0 Å². The van der Waals surface area contributed by atoms with E-state index in [9.17, 15) is 10.2 Å². The third-order valence-corrected chi connectivity index (χ3v) is 8.14. The molecule has 1 aromatic carbocycles. The second kappa shape index (κ2) is 4.22. The minimum atomic E-state index is -0.578. The molecule has 2 fully saturated rings. The molecule has 2 bridgehead atoms. The Kier molecular flexibility index (Phi) is 2.58. The van der Waals surface area contributed by atoms with Crippen molar-refractivity contribution in [3.05, 3.63) is 41.5 Å². The summed E-state index contributed by atoms with van der Waals surface area (Å²) in [6, 6.07) is 5.99. The molecule has 0 spiro atoms. The Bertz CT molecular complexity index is 708. The molecule has 23 heavy (non-hydrogen) atoms. The maximum Gasteiger partial charge on any atom is 0.115 e. The van der Waals surface area contributed by atoms with E-state index in [2.05, 4.69) is 25.1 Å². The zero-order valence-electron chi connectivity index (χ0n) is 13.9. The Morgan fingerprint density at radius 2 is 1.96 bits per heavy atom. The van der Waals surface area contributed by atoms with Crippen LogP contribution in [0.2, 0.25) is 0 Å². The van der Waals surface area contributed by atoms with Gasteiger partial charge in [-0.25, -0.2) is 0 Å². The lowest BCUT2D eigenvalue weighted by Gasteiger charge is -2.63. The summed E-state index contributed by atoms with van der Waals surface area (Å²) in [5.74, 6) is 1.63. The third-order valence-electron chi connectivity index (χ3n) is 8.14. The van der Waals surface area contributed by atoms with Crippen molar-refractivity contribution in [2.45, 2.75) is 63.4 Å². The van der Waals surface area contributed by atoms with Crippen molar-refractivity contribution < 1.29 is 10.2 Å². The number of allylic oxidation sites excluding steroid dienone is 1. The van der Waals surface area contributed by atoms with Gasteiger partial charge in [0.2, 0.25) is 0 Å². The van der Waals surface area contributed by atoms with E-state index in [1.165, 1.54) is 30.4 Å². The van der Waals surface area contributed by atoms with E-state index in [-0.39, 0.29) is 10.8 Å². The summed E-state index contributed by atoms with van der Waals surface area (Å²) in [5, 5.41) is 21.1. The Morgan fingerprint density at radius 1 is 1.09 bits per heavy atom. The predicted molar refractivity (Wildman–Crippen MR) is 90.4 cm³/mol. The SMILES string of the molecule is C[C@]12CC[C@@H]3c4ccc(O)cc4CC[C@H]3[C@@]13C=C[C@]2(O)CCC3. The van der Waals surface area contributed by atoms with E-state index in [0.29, 0.717) is 17.6 Å². The van der Waals surface area contributed by atoms with Crippen molar-refractivity contribution in [2.75, 3.05) is 0 Å². The summed E-state index contributed by atoms with van der Waals surface area (Å²) in [6.07, 6.45) is 12.4. The van der Waals surface area contributed by atoms with E-state index in [1.54, 1.807) is 0 Å². The van der Waals surface area contributed by atoms with Crippen LogP contribution >= 0.6 is 0 Å². The van der Waals surface area contributed by atoms with Crippen LogP contribution in [0.25, 0.3) is 0 Å². The van der Waals surface area contributed by atoms with Crippen molar-refractivity contribution in [3.8, 4) is 5.75 Å². The standard InChI is InChI=1S/C21H26O2/c1-19-10-7-17-16-5-4-15(22)13-14(16)3-6-18(17)20(19)8-2-9-21(19,23)12-11-20/h4-5,11-13,17-18,22-23H,2-3,6-10H2,1H3/t17-,18-,19+,20-,21-/m1/s1. The van der Waals surface area contributed by atoms with Crippen molar-refractivity contribution in [3.63, 3.8) is 0 Å². The lowest BCUT2D eigenvalue weighted by molar-refractivity contribution is -0.164. The van der Waals surface area contributed by atoms with Gasteiger partial charge in [-0.2, -0.15) is 0 Å². The molecule has 2 N–H and O–H groups in total. The van der Waals surface area contributed by atoms with Crippen molar-refractivity contribution in [1.82, 2.24) is 0 Å². The van der Waals surface area contributed by atoms with Crippen LogP contribution in [0.1, 0.15) is 62.5 Å². The fourth-order valence-electron chi connectivity index (χ4n) is 6.91. The van der Waals surface area contributed by atoms with E-state index in [4.69, 9.17) is 0 Å². The highest BCUT2D eigenvalue weighted by atomic mass is 16.3. The van der Waals surface area contributed by atoms with Gasteiger partial charge in [-0.15, -0.1) is 0 Å². The summed E-state index contributed by atoms with van der Waals surface area (Å²) in [6.45, 7) is 2.36. The summed E-state index contributed by atoms with van der Waals surface area (Å²) < 4.78 is 0. The van der Waals surface area contributed by atoms with Gasteiger partial charge in [0.15, 0.2) is 0 Å². The highest BCUT2D eigenvalue weighted by Gasteiger charge is 2.68. The monoisotopic (exact) mass is 310 g/mol. The number of aryl methyl sites for hydroxylation is 1. The van der Waals surface area contributed by atoms with Crippen LogP contribution in [-0.2, 0) is 6.42 Å². The Hall–Kier alpha value is -1.28. The molecule has 0 saturated heterocycles. The molecular formula is C21H26O2. The van der Waals surface area contributed by atoms with Crippen LogP contribution < -0.4 is 0 Å². The van der Waals surface area contributed by atoms with E-state index < -0.39 is 5.60 Å². The van der Waals surface area contributed by atoms with Gasteiger partial charge in [0.05, 0.1) is 5.60 Å². The minimum Gasteiger partial charge on any atom is -0.508 e. The molecular weight excluding hydrogens is 284 g/mol. The molecule has 0 heterocycles. The third kappa shape index (κ3) is 1.49. The number of rotatable bonds is 0. The van der Waals surface area contributed by atoms with Crippen molar-refractivity contribution in [2.24, 2.45) is 16.7 Å². The summed E-state index contributed by atoms with van der Waals surface area (Å²) >= 11 is 0. The molecule has 2 saturated carbocycles. The number of benzene rings is 1. The van der Waals surface area contributed by atoms with Crippen LogP contribution in [0.4, 0.5) is 0 Å². The lowest BCUT2D eigenvalue weighted by atomic mass is 9.42. The number of phenols is 1. The second-order valence-electron chi connectivity index (χ2n) is 8.66. The molecule has 4 aliphatic carbocycles. The first kappa shape index (κ1) is 14.1. The van der Waals surface area contributed by atoms with Gasteiger partial charge in [0.1, 0.15) is 5.75 Å². The first-order valence-corrected chi connectivity index (χ1v) is 9.24. The fraction of sp³-hybridized carbons (Fsp3) is 0.619. The van der Waals surface area contributed by atoms with Gasteiger partial charge in [-0.1, -0.05) is 25.1 Å². The van der Waals surface area contributed by atoms with E-state index in [0.717, 1.165) is 25.7 Å². The smallest absolute Gasteiger partial charge is 0.115 e. The van der Waals surface area contributed by atoms with Gasteiger partial charge < -0.3 is 10.2 Å². The second-order valence-corrected chi connectivity index (χ2v) is 8.66. The molecule has 0 aliphatic heterocycles. The molecule has 0 amide bonds. The topological polar surface area (TPSA) is 40.5 Å². The maximum absolute atomic E-state index is 11.3. The average molecular weight is 310 g/mol. The Balaban J connectivity index is 1.63. The highest BCUT2D eigenvalue weighted by Crippen LogP contribution is 2.72. The number of aromatic hydroxyl groups is 1. The molecule has 2 nitrogen and oxygen atoms in total. The molecule has 0 aromatic heterocycles. The van der Waals surface area contributed by atoms with Gasteiger partial charge in [0, 0.05) is 10.8 Å². The lowest BCUT2D eigenvalue weighted by Crippen LogP contribution is -2.60. The molecule has 4 aliphatic rings. The summed E-state index contributed by atoms with van der Waals surface area (Å²) in [7, 11) is 0. The Labute approximate surface area is 138 Å². The number of hydrogen-bond acceptors (Lipinski definition) is 2. The molecule has 5 atom stereocenters. The van der Waals surface area contributed by atoms with Crippen LogP contribution in [0.3, 0.4) is 0 Å².